The normalized spacial score (nSPS) is 15.4. The highest BCUT2D eigenvalue weighted by atomic mass is 16.5. The summed E-state index contributed by atoms with van der Waals surface area (Å²) in [6, 6.07) is 9.77. The van der Waals surface area contributed by atoms with Gasteiger partial charge in [-0.2, -0.15) is 0 Å². The molecule has 2 heterocycles. The summed E-state index contributed by atoms with van der Waals surface area (Å²) in [7, 11) is 1.70. The van der Waals surface area contributed by atoms with Gasteiger partial charge in [0, 0.05) is 32.1 Å². The monoisotopic (exact) mass is 368 g/mol. The number of piperidine rings is 1. The van der Waals surface area contributed by atoms with Gasteiger partial charge in [-0.05, 0) is 55.0 Å². The minimum absolute atomic E-state index is 0.179. The van der Waals surface area contributed by atoms with Crippen LogP contribution in [0.25, 0.3) is 5.69 Å². The van der Waals surface area contributed by atoms with Crippen molar-refractivity contribution in [3.05, 3.63) is 63.6 Å². The van der Waals surface area contributed by atoms with Crippen LogP contribution in [-0.4, -0.2) is 41.7 Å². The average Bonchev–Trinajstić information content (AvgIpc) is 2.68. The molecule has 2 aromatic rings. The SMILES string of the molecule is COC1CCN(C(=O)c2c(C)ccn(-c3cccc(C(C)C)c3)c2=O)CC1. The molecule has 0 atom stereocenters. The lowest BCUT2D eigenvalue weighted by Crippen LogP contribution is -2.43. The van der Waals surface area contributed by atoms with Crippen LogP contribution < -0.4 is 5.56 Å². The maximum atomic E-state index is 13.2. The Morgan fingerprint density at radius 2 is 1.89 bits per heavy atom. The Labute approximate surface area is 160 Å². The molecule has 1 fully saturated rings. The molecular formula is C22H28N2O3. The summed E-state index contributed by atoms with van der Waals surface area (Å²) in [4.78, 5) is 28.0. The van der Waals surface area contributed by atoms with E-state index in [-0.39, 0.29) is 23.1 Å². The highest BCUT2D eigenvalue weighted by molar-refractivity contribution is 5.95. The summed E-state index contributed by atoms with van der Waals surface area (Å²) in [5.41, 5.74) is 2.68. The molecule has 1 aromatic heterocycles. The molecule has 1 aliphatic rings. The number of methoxy groups -OCH3 is 1. The molecule has 0 unspecified atom stereocenters. The Kier molecular flexibility index (Phi) is 5.80. The number of aromatic nitrogens is 1. The van der Waals surface area contributed by atoms with Gasteiger partial charge in [-0.25, -0.2) is 0 Å². The maximum absolute atomic E-state index is 13.2. The third-order valence-corrected chi connectivity index (χ3v) is 5.39. The largest absolute Gasteiger partial charge is 0.381 e. The first-order valence-corrected chi connectivity index (χ1v) is 9.57. The number of carbonyl (C=O) groups excluding carboxylic acids is 1. The van der Waals surface area contributed by atoms with Gasteiger partial charge in [-0.15, -0.1) is 0 Å². The van der Waals surface area contributed by atoms with Gasteiger partial charge in [0.05, 0.1) is 6.10 Å². The molecule has 0 saturated carbocycles. The van der Waals surface area contributed by atoms with Gasteiger partial charge in [0.2, 0.25) is 0 Å². The number of hydrogen-bond acceptors (Lipinski definition) is 3. The summed E-state index contributed by atoms with van der Waals surface area (Å²) >= 11 is 0. The number of ether oxygens (including phenoxy) is 1. The third-order valence-electron chi connectivity index (χ3n) is 5.39. The van der Waals surface area contributed by atoms with Gasteiger partial charge in [0.25, 0.3) is 11.5 Å². The second kappa shape index (κ2) is 8.09. The first-order chi connectivity index (χ1) is 12.9. The van der Waals surface area contributed by atoms with Crippen LogP contribution in [0.4, 0.5) is 0 Å². The summed E-state index contributed by atoms with van der Waals surface area (Å²) in [6.07, 6.45) is 3.56. The maximum Gasteiger partial charge on any atom is 0.268 e. The Morgan fingerprint density at radius 3 is 2.52 bits per heavy atom. The lowest BCUT2D eigenvalue weighted by Gasteiger charge is -2.31. The fraction of sp³-hybridized carbons (Fsp3) is 0.455. The van der Waals surface area contributed by atoms with Crippen LogP contribution in [0.5, 0.6) is 0 Å². The Bertz CT molecular complexity index is 877. The summed E-state index contributed by atoms with van der Waals surface area (Å²) in [5.74, 6) is 0.190. The van der Waals surface area contributed by atoms with Crippen molar-refractivity contribution in [1.82, 2.24) is 9.47 Å². The zero-order valence-electron chi connectivity index (χ0n) is 16.6. The molecule has 1 aromatic carbocycles. The second-order valence-corrected chi connectivity index (χ2v) is 7.53. The lowest BCUT2D eigenvalue weighted by atomic mass is 10.0. The van der Waals surface area contributed by atoms with Crippen LogP contribution in [0.3, 0.4) is 0 Å². The van der Waals surface area contributed by atoms with E-state index in [1.807, 2.05) is 31.2 Å². The topological polar surface area (TPSA) is 51.5 Å². The Morgan fingerprint density at radius 1 is 1.19 bits per heavy atom. The van der Waals surface area contributed by atoms with Crippen molar-refractivity contribution < 1.29 is 9.53 Å². The fourth-order valence-corrected chi connectivity index (χ4v) is 3.58. The van der Waals surface area contributed by atoms with E-state index in [0.29, 0.717) is 19.0 Å². The van der Waals surface area contributed by atoms with Crippen molar-refractivity contribution >= 4 is 5.91 Å². The van der Waals surface area contributed by atoms with Crippen LogP contribution in [0.1, 0.15) is 54.1 Å². The molecule has 0 aliphatic carbocycles. The molecule has 5 nitrogen and oxygen atoms in total. The number of aryl methyl sites for hydroxylation is 1. The number of likely N-dealkylation sites (tertiary alicyclic amines) is 1. The standard InChI is InChI=1S/C22H28N2O3/c1-15(2)17-6-5-7-18(14-17)24-13-8-16(3)20(22(24)26)21(25)23-11-9-19(27-4)10-12-23/h5-8,13-15,19H,9-12H2,1-4H3. The number of carbonyl (C=O) groups is 1. The molecule has 0 N–H and O–H groups in total. The van der Waals surface area contributed by atoms with Crippen molar-refractivity contribution in [2.45, 2.75) is 45.6 Å². The molecule has 1 saturated heterocycles. The highest BCUT2D eigenvalue weighted by Crippen LogP contribution is 2.19. The summed E-state index contributed by atoms with van der Waals surface area (Å²) < 4.78 is 6.95. The predicted molar refractivity (Wildman–Crippen MR) is 107 cm³/mol. The van der Waals surface area contributed by atoms with Crippen molar-refractivity contribution in [3.8, 4) is 5.69 Å². The van der Waals surface area contributed by atoms with Crippen LogP contribution in [0.15, 0.2) is 41.3 Å². The zero-order chi connectivity index (χ0) is 19.6. The van der Waals surface area contributed by atoms with Crippen molar-refractivity contribution in [2.75, 3.05) is 20.2 Å². The van der Waals surface area contributed by atoms with Crippen LogP contribution >= 0.6 is 0 Å². The number of nitrogens with zero attached hydrogens (tertiary/aromatic N) is 2. The van der Waals surface area contributed by atoms with Gasteiger partial charge in [-0.3, -0.25) is 14.2 Å². The fourth-order valence-electron chi connectivity index (χ4n) is 3.58. The summed E-state index contributed by atoms with van der Waals surface area (Å²) in [5, 5.41) is 0. The first kappa shape index (κ1) is 19.4. The van der Waals surface area contributed by atoms with Crippen molar-refractivity contribution in [2.24, 2.45) is 0 Å². The molecule has 0 bridgehead atoms. The minimum atomic E-state index is -0.255. The number of amides is 1. The van der Waals surface area contributed by atoms with Crippen LogP contribution in [0, 0.1) is 6.92 Å². The van der Waals surface area contributed by atoms with Gasteiger partial charge in [0.1, 0.15) is 5.56 Å². The van der Waals surface area contributed by atoms with E-state index in [4.69, 9.17) is 4.74 Å². The molecule has 5 heteroatoms. The van der Waals surface area contributed by atoms with E-state index in [1.165, 1.54) is 0 Å². The Hall–Kier alpha value is -2.40. The van der Waals surface area contributed by atoms with Crippen molar-refractivity contribution in [3.63, 3.8) is 0 Å². The number of hydrogen-bond donors (Lipinski definition) is 0. The Balaban J connectivity index is 1.96. The molecule has 3 rings (SSSR count). The van der Waals surface area contributed by atoms with E-state index >= 15 is 0 Å². The van der Waals surface area contributed by atoms with E-state index in [9.17, 15) is 9.59 Å². The molecule has 0 radical (unpaired) electrons. The van der Waals surface area contributed by atoms with Gasteiger partial charge in [0.15, 0.2) is 0 Å². The lowest BCUT2D eigenvalue weighted by molar-refractivity contribution is 0.0349. The number of pyridine rings is 1. The molecule has 0 spiro atoms. The number of benzene rings is 1. The third kappa shape index (κ3) is 3.98. The average molecular weight is 368 g/mol. The van der Waals surface area contributed by atoms with Crippen LogP contribution in [0.2, 0.25) is 0 Å². The van der Waals surface area contributed by atoms with E-state index in [2.05, 4.69) is 19.9 Å². The first-order valence-electron chi connectivity index (χ1n) is 9.57. The minimum Gasteiger partial charge on any atom is -0.381 e. The van der Waals surface area contributed by atoms with Gasteiger partial charge >= 0.3 is 0 Å². The molecule has 1 aliphatic heterocycles. The van der Waals surface area contributed by atoms with E-state index in [1.54, 1.807) is 22.8 Å². The second-order valence-electron chi connectivity index (χ2n) is 7.53. The molecule has 1 amide bonds. The zero-order valence-corrected chi connectivity index (χ0v) is 16.6. The summed E-state index contributed by atoms with van der Waals surface area (Å²) in [6.45, 7) is 7.30. The molecule has 144 valence electrons. The quantitative estimate of drug-likeness (QED) is 0.830. The smallest absolute Gasteiger partial charge is 0.268 e. The van der Waals surface area contributed by atoms with E-state index in [0.717, 1.165) is 29.7 Å². The van der Waals surface area contributed by atoms with Crippen LogP contribution in [-0.2, 0) is 4.74 Å². The number of rotatable bonds is 4. The van der Waals surface area contributed by atoms with Gasteiger partial charge in [-0.1, -0.05) is 26.0 Å². The highest BCUT2D eigenvalue weighted by Gasteiger charge is 2.26. The van der Waals surface area contributed by atoms with Gasteiger partial charge < -0.3 is 9.64 Å². The van der Waals surface area contributed by atoms with E-state index < -0.39 is 0 Å². The molecule has 27 heavy (non-hydrogen) atoms. The molecular weight excluding hydrogens is 340 g/mol. The van der Waals surface area contributed by atoms with Crippen molar-refractivity contribution in [1.29, 1.82) is 0 Å². The predicted octanol–water partition coefficient (Wildman–Crippen LogP) is 3.52.